The largest absolute Gasteiger partial charge is 0.348 e. The van der Waals surface area contributed by atoms with Crippen molar-refractivity contribution in [1.29, 1.82) is 0 Å². The standard InChI is InChI=1S/C15H13BrClNOS/c1-20-12-5-6-14(17)13(8-12)15(19)18-9-10-3-2-4-11(16)7-10/h2-8H,9H2,1H3,(H,18,19). The van der Waals surface area contributed by atoms with Crippen molar-refractivity contribution in [2.45, 2.75) is 11.4 Å². The lowest BCUT2D eigenvalue weighted by molar-refractivity contribution is 0.0951. The number of benzene rings is 2. The third kappa shape index (κ3) is 4.01. The van der Waals surface area contributed by atoms with Crippen molar-refractivity contribution in [2.24, 2.45) is 0 Å². The van der Waals surface area contributed by atoms with E-state index >= 15 is 0 Å². The number of hydrogen-bond donors (Lipinski definition) is 1. The van der Waals surface area contributed by atoms with Crippen LogP contribution in [0.3, 0.4) is 0 Å². The Hall–Kier alpha value is -0.970. The number of carbonyl (C=O) groups is 1. The summed E-state index contributed by atoms with van der Waals surface area (Å²) < 4.78 is 0.992. The Kier molecular flexibility index (Phi) is 5.52. The van der Waals surface area contributed by atoms with Gasteiger partial charge in [0.2, 0.25) is 0 Å². The molecule has 0 heterocycles. The maximum Gasteiger partial charge on any atom is 0.253 e. The predicted molar refractivity (Wildman–Crippen MR) is 88.5 cm³/mol. The van der Waals surface area contributed by atoms with Crippen LogP contribution in [0.2, 0.25) is 5.02 Å². The molecule has 20 heavy (non-hydrogen) atoms. The van der Waals surface area contributed by atoms with E-state index in [4.69, 9.17) is 11.6 Å². The summed E-state index contributed by atoms with van der Waals surface area (Å²) >= 11 is 11.1. The molecule has 1 amide bonds. The maximum absolute atomic E-state index is 12.2. The summed E-state index contributed by atoms with van der Waals surface area (Å²) in [5.41, 5.74) is 1.54. The Morgan fingerprint density at radius 2 is 2.10 bits per heavy atom. The van der Waals surface area contributed by atoms with Gasteiger partial charge in [-0.2, -0.15) is 0 Å². The highest BCUT2D eigenvalue weighted by Crippen LogP contribution is 2.23. The van der Waals surface area contributed by atoms with E-state index in [9.17, 15) is 4.79 Å². The van der Waals surface area contributed by atoms with Crippen LogP contribution in [0.5, 0.6) is 0 Å². The lowest BCUT2D eigenvalue weighted by Crippen LogP contribution is -2.23. The molecule has 0 spiro atoms. The van der Waals surface area contributed by atoms with Crippen LogP contribution in [-0.4, -0.2) is 12.2 Å². The first-order chi connectivity index (χ1) is 9.60. The van der Waals surface area contributed by atoms with Crippen molar-refractivity contribution in [2.75, 3.05) is 6.26 Å². The van der Waals surface area contributed by atoms with Crippen molar-refractivity contribution in [1.82, 2.24) is 5.32 Å². The summed E-state index contributed by atoms with van der Waals surface area (Å²) in [6.45, 7) is 0.470. The third-order valence-corrected chi connectivity index (χ3v) is 4.31. The summed E-state index contributed by atoms with van der Waals surface area (Å²) in [4.78, 5) is 13.2. The first kappa shape index (κ1) is 15.4. The van der Waals surface area contributed by atoms with Gasteiger partial charge >= 0.3 is 0 Å². The molecule has 2 nitrogen and oxygen atoms in total. The molecule has 1 N–H and O–H groups in total. The molecule has 0 aliphatic heterocycles. The van der Waals surface area contributed by atoms with Gasteiger partial charge in [0.15, 0.2) is 0 Å². The SMILES string of the molecule is CSc1ccc(Cl)c(C(=O)NCc2cccc(Br)c2)c1. The van der Waals surface area contributed by atoms with E-state index in [1.54, 1.807) is 17.8 Å². The molecule has 0 aliphatic carbocycles. The summed E-state index contributed by atoms with van der Waals surface area (Å²) in [7, 11) is 0. The van der Waals surface area contributed by atoms with E-state index in [-0.39, 0.29) is 5.91 Å². The van der Waals surface area contributed by atoms with Crippen LogP contribution in [0.4, 0.5) is 0 Å². The first-order valence-corrected chi connectivity index (χ1v) is 8.36. The van der Waals surface area contributed by atoms with Gasteiger partial charge in [-0.3, -0.25) is 4.79 Å². The second kappa shape index (κ2) is 7.16. The smallest absolute Gasteiger partial charge is 0.253 e. The summed E-state index contributed by atoms with van der Waals surface area (Å²) in [5.74, 6) is -0.161. The minimum Gasteiger partial charge on any atom is -0.348 e. The monoisotopic (exact) mass is 369 g/mol. The van der Waals surface area contributed by atoms with Gasteiger partial charge in [-0.1, -0.05) is 39.7 Å². The average Bonchev–Trinajstić information content (AvgIpc) is 2.45. The van der Waals surface area contributed by atoms with E-state index < -0.39 is 0 Å². The molecule has 2 rings (SSSR count). The fourth-order valence-corrected chi connectivity index (χ4v) is 2.82. The number of halogens is 2. The maximum atomic E-state index is 12.2. The van der Waals surface area contributed by atoms with Crippen molar-refractivity contribution >= 4 is 45.2 Å². The fourth-order valence-electron chi connectivity index (χ4n) is 1.73. The van der Waals surface area contributed by atoms with Gasteiger partial charge in [0.1, 0.15) is 0 Å². The lowest BCUT2D eigenvalue weighted by Gasteiger charge is -2.08. The Bertz CT molecular complexity index is 633. The number of thioether (sulfide) groups is 1. The number of carbonyl (C=O) groups excluding carboxylic acids is 1. The van der Waals surface area contributed by atoms with Gasteiger partial charge in [-0.25, -0.2) is 0 Å². The quantitative estimate of drug-likeness (QED) is 0.787. The van der Waals surface area contributed by atoms with Gasteiger partial charge in [0.05, 0.1) is 10.6 Å². The second-order valence-corrected chi connectivity index (χ2v) is 6.36. The highest BCUT2D eigenvalue weighted by molar-refractivity contribution is 9.10. The zero-order valence-electron chi connectivity index (χ0n) is 10.8. The molecule has 0 saturated heterocycles. The van der Waals surface area contributed by atoms with Gasteiger partial charge in [0.25, 0.3) is 5.91 Å². The third-order valence-electron chi connectivity index (χ3n) is 2.76. The molecule has 104 valence electrons. The molecule has 0 aliphatic rings. The van der Waals surface area contributed by atoms with Crippen LogP contribution in [0.1, 0.15) is 15.9 Å². The topological polar surface area (TPSA) is 29.1 Å². The van der Waals surface area contributed by atoms with Crippen LogP contribution in [0.25, 0.3) is 0 Å². The van der Waals surface area contributed by atoms with Gasteiger partial charge in [-0.05, 0) is 42.2 Å². The lowest BCUT2D eigenvalue weighted by atomic mass is 10.2. The molecule has 0 fully saturated rings. The highest BCUT2D eigenvalue weighted by atomic mass is 79.9. The van der Waals surface area contributed by atoms with Crippen LogP contribution in [-0.2, 0) is 6.54 Å². The van der Waals surface area contributed by atoms with Crippen LogP contribution < -0.4 is 5.32 Å². The molecule has 0 aromatic heterocycles. The number of rotatable bonds is 4. The highest BCUT2D eigenvalue weighted by Gasteiger charge is 2.11. The van der Waals surface area contributed by atoms with E-state index in [1.165, 1.54) is 0 Å². The number of nitrogens with one attached hydrogen (secondary N) is 1. The van der Waals surface area contributed by atoms with Crippen LogP contribution in [0.15, 0.2) is 51.8 Å². The van der Waals surface area contributed by atoms with E-state index in [1.807, 2.05) is 42.7 Å². The molecule has 2 aromatic carbocycles. The molecule has 0 unspecified atom stereocenters. The molecular formula is C15H13BrClNOS. The summed E-state index contributed by atoms with van der Waals surface area (Å²) in [6, 6.07) is 13.3. The Labute approximate surface area is 136 Å². The van der Waals surface area contributed by atoms with E-state index in [0.29, 0.717) is 17.1 Å². The molecule has 5 heteroatoms. The summed E-state index contributed by atoms with van der Waals surface area (Å²) in [5, 5.41) is 3.35. The normalized spacial score (nSPS) is 10.3. The molecular weight excluding hydrogens is 358 g/mol. The minimum absolute atomic E-state index is 0.161. The number of hydrogen-bond acceptors (Lipinski definition) is 2. The molecule has 0 bridgehead atoms. The predicted octanol–water partition coefficient (Wildman–Crippen LogP) is 4.75. The zero-order chi connectivity index (χ0) is 14.5. The van der Waals surface area contributed by atoms with Gasteiger partial charge in [0, 0.05) is 15.9 Å². The molecule has 0 atom stereocenters. The van der Waals surface area contributed by atoms with Crippen molar-refractivity contribution < 1.29 is 4.79 Å². The van der Waals surface area contributed by atoms with Crippen molar-refractivity contribution in [3.05, 3.63) is 63.1 Å². The first-order valence-electron chi connectivity index (χ1n) is 5.96. The van der Waals surface area contributed by atoms with Gasteiger partial charge in [-0.15, -0.1) is 11.8 Å². The van der Waals surface area contributed by atoms with E-state index in [2.05, 4.69) is 21.2 Å². The second-order valence-electron chi connectivity index (χ2n) is 4.16. The average molecular weight is 371 g/mol. The van der Waals surface area contributed by atoms with Gasteiger partial charge < -0.3 is 5.32 Å². The molecule has 0 radical (unpaired) electrons. The van der Waals surface area contributed by atoms with E-state index in [0.717, 1.165) is 14.9 Å². The van der Waals surface area contributed by atoms with Crippen molar-refractivity contribution in [3.8, 4) is 0 Å². The number of amides is 1. The van der Waals surface area contributed by atoms with Crippen molar-refractivity contribution in [3.63, 3.8) is 0 Å². The summed E-state index contributed by atoms with van der Waals surface area (Å²) in [6.07, 6.45) is 1.96. The van der Waals surface area contributed by atoms with Crippen LogP contribution >= 0.6 is 39.3 Å². The Morgan fingerprint density at radius 1 is 1.30 bits per heavy atom. The Morgan fingerprint density at radius 3 is 2.80 bits per heavy atom. The Balaban J connectivity index is 2.08. The molecule has 2 aromatic rings. The van der Waals surface area contributed by atoms with Crippen LogP contribution in [0, 0.1) is 0 Å². The fraction of sp³-hybridized carbons (Fsp3) is 0.133. The zero-order valence-corrected chi connectivity index (χ0v) is 14.0. The minimum atomic E-state index is -0.161. The molecule has 0 saturated carbocycles.